The summed E-state index contributed by atoms with van der Waals surface area (Å²) < 4.78 is 51.6. The number of hydrogen-bond donors (Lipinski definition) is 1. The van der Waals surface area contributed by atoms with E-state index in [-0.39, 0.29) is 5.91 Å². The molecule has 1 amide bonds. The van der Waals surface area contributed by atoms with Gasteiger partial charge in [-0.2, -0.15) is 0 Å². The molecule has 0 fully saturated rings. The van der Waals surface area contributed by atoms with E-state index in [0.717, 1.165) is 24.0 Å². The molecule has 0 spiro atoms. The lowest BCUT2D eigenvalue weighted by Gasteiger charge is -2.29. The lowest BCUT2D eigenvalue weighted by Crippen LogP contribution is -2.35. The van der Waals surface area contributed by atoms with Crippen LogP contribution in [0.15, 0.2) is 36.4 Å². The highest BCUT2D eigenvalue weighted by atomic mass is 32.2. The van der Waals surface area contributed by atoms with Gasteiger partial charge < -0.3 is 5.32 Å². The Morgan fingerprint density at radius 3 is 2.56 bits per heavy atom. The van der Waals surface area contributed by atoms with Crippen molar-refractivity contribution in [2.24, 2.45) is 0 Å². The first-order chi connectivity index (χ1) is 12.7. The maximum absolute atomic E-state index is 13.4. The van der Waals surface area contributed by atoms with Crippen LogP contribution in [-0.2, 0) is 16.4 Å². The molecular formula is C19H20F2N2O3S. The summed E-state index contributed by atoms with van der Waals surface area (Å²) in [6.07, 6.45) is 2.52. The number of carbonyl (C=O) groups excluding carboxylic acids is 1. The quantitative estimate of drug-likeness (QED) is 0.866. The van der Waals surface area contributed by atoms with Crippen LogP contribution in [0, 0.1) is 11.6 Å². The second kappa shape index (κ2) is 7.26. The largest absolute Gasteiger partial charge is 0.346 e. The molecule has 0 saturated heterocycles. The summed E-state index contributed by atoms with van der Waals surface area (Å²) >= 11 is 0. The third-order valence-corrected chi connectivity index (χ3v) is 5.79. The Kier molecular flexibility index (Phi) is 5.19. The topological polar surface area (TPSA) is 66.5 Å². The molecule has 0 saturated carbocycles. The highest BCUT2D eigenvalue weighted by molar-refractivity contribution is 7.92. The number of sulfonamides is 1. The van der Waals surface area contributed by atoms with Crippen molar-refractivity contribution in [1.82, 2.24) is 5.32 Å². The highest BCUT2D eigenvalue weighted by Gasteiger charge is 2.25. The van der Waals surface area contributed by atoms with E-state index in [1.54, 1.807) is 25.1 Å². The molecule has 2 aromatic rings. The van der Waals surface area contributed by atoms with E-state index >= 15 is 0 Å². The number of carbonyl (C=O) groups is 1. The second-order valence-electron chi connectivity index (χ2n) is 6.65. The number of amides is 1. The minimum Gasteiger partial charge on any atom is -0.346 e. The number of fused-ring (bicyclic) bond motifs is 1. The zero-order valence-corrected chi connectivity index (χ0v) is 15.8. The third kappa shape index (κ3) is 4.10. The third-order valence-electron chi connectivity index (χ3n) is 4.61. The molecule has 3 rings (SSSR count). The molecule has 1 N–H and O–H groups in total. The van der Waals surface area contributed by atoms with Gasteiger partial charge in [0.2, 0.25) is 10.0 Å². The number of halogens is 2. The molecule has 0 radical (unpaired) electrons. The van der Waals surface area contributed by atoms with E-state index in [1.165, 1.54) is 10.4 Å². The van der Waals surface area contributed by atoms with Crippen molar-refractivity contribution in [3.63, 3.8) is 0 Å². The lowest BCUT2D eigenvalue weighted by molar-refractivity contribution is 0.0939. The van der Waals surface area contributed by atoms with Crippen LogP contribution in [-0.4, -0.2) is 27.1 Å². The molecule has 1 heterocycles. The van der Waals surface area contributed by atoms with Crippen molar-refractivity contribution in [1.29, 1.82) is 0 Å². The first kappa shape index (κ1) is 19.3. The Morgan fingerprint density at radius 1 is 1.15 bits per heavy atom. The molecule has 1 atom stereocenters. The van der Waals surface area contributed by atoms with Crippen LogP contribution in [0.25, 0.3) is 0 Å². The maximum Gasteiger partial charge on any atom is 0.251 e. The van der Waals surface area contributed by atoms with Gasteiger partial charge in [0.15, 0.2) is 11.6 Å². The summed E-state index contributed by atoms with van der Waals surface area (Å²) in [5, 5.41) is 2.75. The number of anilines is 1. The summed E-state index contributed by atoms with van der Waals surface area (Å²) in [5.74, 6) is -2.28. The van der Waals surface area contributed by atoms with Gasteiger partial charge in [-0.15, -0.1) is 0 Å². The zero-order chi connectivity index (χ0) is 19.8. The molecular weight excluding hydrogens is 374 g/mol. The van der Waals surface area contributed by atoms with Crippen LogP contribution < -0.4 is 9.62 Å². The molecule has 5 nitrogen and oxygen atoms in total. The number of nitrogens with one attached hydrogen (secondary N) is 1. The number of hydrogen-bond acceptors (Lipinski definition) is 3. The zero-order valence-electron chi connectivity index (χ0n) is 15.0. The standard InChI is InChI=1S/C19H20F2N2O3S/c1-12(13-5-7-16(20)17(21)11-13)22-19(24)15-6-8-18-14(10-15)4-3-9-23(18)27(2,25)26/h5-8,10-12H,3-4,9H2,1-2H3,(H,22,24). The first-order valence-electron chi connectivity index (χ1n) is 8.53. The monoisotopic (exact) mass is 394 g/mol. The van der Waals surface area contributed by atoms with Gasteiger partial charge in [-0.25, -0.2) is 17.2 Å². The van der Waals surface area contributed by atoms with Crippen LogP contribution >= 0.6 is 0 Å². The summed E-state index contributed by atoms with van der Waals surface area (Å²) in [7, 11) is -3.37. The van der Waals surface area contributed by atoms with Gasteiger partial charge in [-0.3, -0.25) is 9.10 Å². The van der Waals surface area contributed by atoms with Gasteiger partial charge in [0.25, 0.3) is 5.91 Å². The predicted octanol–water partition coefficient (Wildman–Crippen LogP) is 3.17. The molecule has 0 aromatic heterocycles. The molecule has 1 unspecified atom stereocenters. The molecule has 27 heavy (non-hydrogen) atoms. The Morgan fingerprint density at radius 2 is 1.89 bits per heavy atom. The Balaban J connectivity index is 1.80. The second-order valence-corrected chi connectivity index (χ2v) is 8.56. The van der Waals surface area contributed by atoms with Crippen LogP contribution in [0.3, 0.4) is 0 Å². The van der Waals surface area contributed by atoms with Crippen LogP contribution in [0.4, 0.5) is 14.5 Å². The van der Waals surface area contributed by atoms with Crippen LogP contribution in [0.5, 0.6) is 0 Å². The average molecular weight is 394 g/mol. The van der Waals surface area contributed by atoms with Crippen molar-refractivity contribution >= 4 is 21.6 Å². The number of nitrogens with zero attached hydrogens (tertiary/aromatic N) is 1. The summed E-state index contributed by atoms with van der Waals surface area (Å²) in [4.78, 5) is 12.5. The van der Waals surface area contributed by atoms with Crippen molar-refractivity contribution in [3.05, 3.63) is 64.7 Å². The number of rotatable bonds is 4. The number of benzene rings is 2. The van der Waals surface area contributed by atoms with E-state index < -0.39 is 27.7 Å². The highest BCUT2D eigenvalue weighted by Crippen LogP contribution is 2.30. The van der Waals surface area contributed by atoms with E-state index in [9.17, 15) is 22.0 Å². The molecule has 8 heteroatoms. The fourth-order valence-corrected chi connectivity index (χ4v) is 4.19. The Bertz CT molecular complexity index is 992. The normalized spacial score (nSPS) is 15.2. The fraction of sp³-hybridized carbons (Fsp3) is 0.316. The molecule has 0 aliphatic carbocycles. The summed E-state index contributed by atoms with van der Waals surface area (Å²) in [6.45, 7) is 2.10. The van der Waals surface area contributed by atoms with Gasteiger partial charge in [0.05, 0.1) is 18.0 Å². The van der Waals surface area contributed by atoms with Gasteiger partial charge in [-0.1, -0.05) is 6.07 Å². The van der Waals surface area contributed by atoms with Crippen molar-refractivity contribution < 1.29 is 22.0 Å². The minimum atomic E-state index is -3.37. The maximum atomic E-state index is 13.4. The van der Waals surface area contributed by atoms with Crippen molar-refractivity contribution in [2.75, 3.05) is 17.1 Å². The first-order valence-corrected chi connectivity index (χ1v) is 10.4. The molecule has 1 aliphatic rings. The molecule has 144 valence electrons. The van der Waals surface area contributed by atoms with Crippen LogP contribution in [0.2, 0.25) is 0 Å². The van der Waals surface area contributed by atoms with E-state index in [0.29, 0.717) is 36.2 Å². The van der Waals surface area contributed by atoms with Gasteiger partial charge >= 0.3 is 0 Å². The van der Waals surface area contributed by atoms with E-state index in [2.05, 4.69) is 5.32 Å². The van der Waals surface area contributed by atoms with Gasteiger partial charge in [-0.05, 0) is 61.2 Å². The van der Waals surface area contributed by atoms with Gasteiger partial charge in [0.1, 0.15) is 0 Å². The Labute approximate surface area is 157 Å². The lowest BCUT2D eigenvalue weighted by atomic mass is 10.00. The van der Waals surface area contributed by atoms with Crippen molar-refractivity contribution in [3.8, 4) is 0 Å². The van der Waals surface area contributed by atoms with Gasteiger partial charge in [0, 0.05) is 12.1 Å². The summed E-state index contributed by atoms with van der Waals surface area (Å²) in [5.41, 5.74) is 2.22. The predicted molar refractivity (Wildman–Crippen MR) is 99.2 cm³/mol. The Hall–Kier alpha value is -2.48. The van der Waals surface area contributed by atoms with E-state index in [1.807, 2.05) is 0 Å². The summed E-state index contributed by atoms with van der Waals surface area (Å²) in [6, 6.07) is 7.85. The number of aryl methyl sites for hydroxylation is 1. The smallest absolute Gasteiger partial charge is 0.251 e. The average Bonchev–Trinajstić information content (AvgIpc) is 2.62. The van der Waals surface area contributed by atoms with Crippen LogP contribution in [0.1, 0.15) is 40.9 Å². The molecule has 1 aliphatic heterocycles. The SMILES string of the molecule is CC(NC(=O)c1ccc2c(c1)CCCN2S(C)(=O)=O)c1ccc(F)c(F)c1. The van der Waals surface area contributed by atoms with Crippen molar-refractivity contribution in [2.45, 2.75) is 25.8 Å². The van der Waals surface area contributed by atoms with E-state index in [4.69, 9.17) is 0 Å². The minimum absolute atomic E-state index is 0.369. The molecule has 2 aromatic carbocycles. The fourth-order valence-electron chi connectivity index (χ4n) is 3.19. The molecule has 0 bridgehead atoms.